The Labute approximate surface area is 160 Å². The molecule has 2 amide bonds. The quantitative estimate of drug-likeness (QED) is 0.830. The van der Waals surface area contributed by atoms with E-state index >= 15 is 0 Å². The van der Waals surface area contributed by atoms with E-state index in [9.17, 15) is 9.59 Å². The molecule has 1 aromatic rings. The first-order chi connectivity index (χ1) is 13.1. The van der Waals surface area contributed by atoms with Crippen LogP contribution in [-0.2, 0) is 6.42 Å². The van der Waals surface area contributed by atoms with E-state index in [1.165, 1.54) is 38.5 Å². The number of nitrogens with one attached hydrogen (secondary N) is 1. The Balaban J connectivity index is 1.22. The third-order valence-corrected chi connectivity index (χ3v) is 8.15. The van der Waals surface area contributed by atoms with Crippen molar-refractivity contribution in [3.63, 3.8) is 0 Å². The summed E-state index contributed by atoms with van der Waals surface area (Å²) in [5.41, 5.74) is 1.29. The number of amides is 2. The van der Waals surface area contributed by atoms with Crippen LogP contribution in [0.25, 0.3) is 0 Å². The smallest absolute Gasteiger partial charge is 0.317 e. The Hall–Kier alpha value is -1.78. The number of carbonyl (C=O) groups excluding carboxylic acids is 1. The van der Waals surface area contributed by atoms with E-state index in [0.717, 1.165) is 42.8 Å². The highest BCUT2D eigenvalue weighted by Gasteiger charge is 2.52. The molecule has 0 unspecified atom stereocenters. The summed E-state index contributed by atoms with van der Waals surface area (Å²) in [6.07, 6.45) is 9.68. The molecule has 0 spiro atoms. The molecule has 6 aliphatic rings. The van der Waals surface area contributed by atoms with Crippen LogP contribution < -0.4 is 10.9 Å². The standard InChI is InChI=1S/C22H29N3O2/c26-20-3-1-2-18-7-17-8-19(25(18)20)13-24(12-17)21(27)23-22-9-14-4-15(10-22)6-16(5-14)11-22/h1-3,14-17,19H,4-13H2,(H,23,27)/t14?,15?,16?,17-,19+,22?/m0/s1. The molecule has 6 bridgehead atoms. The van der Waals surface area contributed by atoms with Crippen molar-refractivity contribution in [3.8, 4) is 0 Å². The number of piperidine rings is 1. The zero-order valence-corrected chi connectivity index (χ0v) is 15.9. The molecule has 27 heavy (non-hydrogen) atoms. The molecule has 0 aromatic carbocycles. The lowest BCUT2D eigenvalue weighted by molar-refractivity contribution is -0.0171. The Morgan fingerprint density at radius 2 is 1.67 bits per heavy atom. The van der Waals surface area contributed by atoms with Crippen LogP contribution in [0.2, 0.25) is 0 Å². The highest BCUT2D eigenvalue weighted by molar-refractivity contribution is 5.75. The van der Waals surface area contributed by atoms with Crippen LogP contribution in [0.4, 0.5) is 4.79 Å². The molecule has 3 heterocycles. The summed E-state index contributed by atoms with van der Waals surface area (Å²) in [7, 11) is 0. The summed E-state index contributed by atoms with van der Waals surface area (Å²) >= 11 is 0. The summed E-state index contributed by atoms with van der Waals surface area (Å²) in [4.78, 5) is 27.6. The molecule has 4 saturated carbocycles. The molecule has 2 aliphatic heterocycles. The summed E-state index contributed by atoms with van der Waals surface area (Å²) in [5, 5.41) is 3.52. The van der Waals surface area contributed by atoms with E-state index in [1.54, 1.807) is 6.07 Å². The largest absolute Gasteiger partial charge is 0.333 e. The number of carbonyl (C=O) groups is 1. The fourth-order valence-electron chi connectivity index (χ4n) is 7.67. The topological polar surface area (TPSA) is 54.3 Å². The van der Waals surface area contributed by atoms with E-state index in [0.29, 0.717) is 12.5 Å². The van der Waals surface area contributed by atoms with Gasteiger partial charge < -0.3 is 14.8 Å². The van der Waals surface area contributed by atoms with Gasteiger partial charge in [-0.15, -0.1) is 0 Å². The first kappa shape index (κ1) is 16.2. The fourth-order valence-corrected chi connectivity index (χ4v) is 7.67. The molecule has 5 nitrogen and oxygen atoms in total. The monoisotopic (exact) mass is 367 g/mol. The number of rotatable bonds is 1. The lowest BCUT2D eigenvalue weighted by atomic mass is 9.53. The van der Waals surface area contributed by atoms with Gasteiger partial charge in [0.25, 0.3) is 5.56 Å². The number of hydrogen-bond donors (Lipinski definition) is 1. The van der Waals surface area contributed by atoms with Gasteiger partial charge in [-0.05, 0) is 81.1 Å². The van der Waals surface area contributed by atoms with E-state index in [-0.39, 0.29) is 23.2 Å². The van der Waals surface area contributed by atoms with Gasteiger partial charge in [0, 0.05) is 30.4 Å². The first-order valence-corrected chi connectivity index (χ1v) is 10.8. The Morgan fingerprint density at radius 3 is 2.37 bits per heavy atom. The van der Waals surface area contributed by atoms with Crippen molar-refractivity contribution in [3.05, 3.63) is 34.2 Å². The van der Waals surface area contributed by atoms with Gasteiger partial charge in [-0.25, -0.2) is 4.79 Å². The van der Waals surface area contributed by atoms with Gasteiger partial charge in [0.2, 0.25) is 0 Å². The molecule has 7 rings (SSSR count). The first-order valence-electron chi connectivity index (χ1n) is 10.8. The Morgan fingerprint density at radius 1 is 0.963 bits per heavy atom. The Kier molecular flexibility index (Phi) is 3.37. The summed E-state index contributed by atoms with van der Waals surface area (Å²) in [6.45, 7) is 1.50. The van der Waals surface area contributed by atoms with E-state index in [1.807, 2.05) is 15.5 Å². The van der Waals surface area contributed by atoms with Crippen molar-refractivity contribution < 1.29 is 4.79 Å². The lowest BCUT2D eigenvalue weighted by Gasteiger charge is -2.57. The van der Waals surface area contributed by atoms with Gasteiger partial charge in [0.05, 0.1) is 6.04 Å². The number of aromatic nitrogens is 1. The summed E-state index contributed by atoms with van der Waals surface area (Å²) < 4.78 is 1.95. The third-order valence-electron chi connectivity index (χ3n) is 8.15. The van der Waals surface area contributed by atoms with Crippen molar-refractivity contribution in [1.82, 2.24) is 14.8 Å². The maximum atomic E-state index is 13.2. The van der Waals surface area contributed by atoms with Crippen molar-refractivity contribution >= 4 is 6.03 Å². The average Bonchev–Trinajstić information content (AvgIpc) is 2.59. The van der Waals surface area contributed by atoms with Gasteiger partial charge in [-0.2, -0.15) is 0 Å². The minimum atomic E-state index is 0.0626. The van der Waals surface area contributed by atoms with Crippen LogP contribution in [0.15, 0.2) is 23.0 Å². The number of nitrogens with zero attached hydrogens (tertiary/aromatic N) is 2. The highest BCUT2D eigenvalue weighted by atomic mass is 16.2. The van der Waals surface area contributed by atoms with E-state index in [4.69, 9.17) is 0 Å². The summed E-state index contributed by atoms with van der Waals surface area (Å²) in [6, 6.07) is 5.86. The second kappa shape index (κ2) is 5.62. The summed E-state index contributed by atoms with van der Waals surface area (Å²) in [5.74, 6) is 2.99. The molecule has 5 heteroatoms. The van der Waals surface area contributed by atoms with Gasteiger partial charge in [-0.1, -0.05) is 6.07 Å². The molecule has 1 N–H and O–H groups in total. The van der Waals surface area contributed by atoms with Crippen LogP contribution in [-0.4, -0.2) is 34.1 Å². The van der Waals surface area contributed by atoms with Crippen LogP contribution >= 0.6 is 0 Å². The molecule has 4 aliphatic carbocycles. The molecular weight excluding hydrogens is 338 g/mol. The van der Waals surface area contributed by atoms with Gasteiger partial charge in [0.15, 0.2) is 0 Å². The van der Waals surface area contributed by atoms with Crippen molar-refractivity contribution in [2.24, 2.45) is 23.7 Å². The predicted octanol–water partition coefficient (Wildman–Crippen LogP) is 2.95. The predicted molar refractivity (Wildman–Crippen MR) is 103 cm³/mol. The van der Waals surface area contributed by atoms with E-state index in [2.05, 4.69) is 11.4 Å². The number of likely N-dealkylation sites (tertiary alicyclic amines) is 1. The van der Waals surface area contributed by atoms with Crippen molar-refractivity contribution in [2.75, 3.05) is 13.1 Å². The average molecular weight is 367 g/mol. The minimum Gasteiger partial charge on any atom is -0.333 e. The molecule has 1 saturated heterocycles. The maximum Gasteiger partial charge on any atom is 0.317 e. The molecule has 2 atom stereocenters. The molecule has 144 valence electrons. The minimum absolute atomic E-state index is 0.0626. The van der Waals surface area contributed by atoms with Crippen LogP contribution in [0.5, 0.6) is 0 Å². The second-order valence-electron chi connectivity index (χ2n) is 10.2. The van der Waals surface area contributed by atoms with Crippen LogP contribution in [0, 0.1) is 23.7 Å². The lowest BCUT2D eigenvalue weighted by Crippen LogP contribution is -2.63. The van der Waals surface area contributed by atoms with Gasteiger partial charge >= 0.3 is 6.03 Å². The normalized spacial score (nSPS) is 41.3. The fraction of sp³-hybridized carbons (Fsp3) is 0.727. The molecule has 1 aromatic heterocycles. The van der Waals surface area contributed by atoms with Crippen molar-refractivity contribution in [2.45, 2.75) is 62.9 Å². The van der Waals surface area contributed by atoms with Crippen LogP contribution in [0.1, 0.15) is 56.7 Å². The Bertz CT molecular complexity index is 809. The van der Waals surface area contributed by atoms with Gasteiger partial charge in [-0.3, -0.25) is 4.79 Å². The zero-order chi connectivity index (χ0) is 18.2. The highest BCUT2D eigenvalue weighted by Crippen LogP contribution is 2.55. The van der Waals surface area contributed by atoms with Gasteiger partial charge in [0.1, 0.15) is 0 Å². The molecule has 5 fully saturated rings. The maximum absolute atomic E-state index is 13.2. The number of hydrogen-bond acceptors (Lipinski definition) is 2. The number of urea groups is 1. The second-order valence-corrected chi connectivity index (χ2v) is 10.2. The van der Waals surface area contributed by atoms with Crippen molar-refractivity contribution in [1.29, 1.82) is 0 Å². The number of fused-ring (bicyclic) bond motifs is 4. The van der Waals surface area contributed by atoms with Crippen LogP contribution in [0.3, 0.4) is 0 Å². The number of pyridine rings is 1. The SMILES string of the molecule is O=C(NC12CC3CC(CC(C3)C1)C2)N1C[C@H]2Cc3cccc(=O)n3[C@H](C2)C1. The van der Waals surface area contributed by atoms with E-state index < -0.39 is 0 Å². The third kappa shape index (κ3) is 2.57. The zero-order valence-electron chi connectivity index (χ0n) is 15.9. The molecule has 0 radical (unpaired) electrons. The molecular formula is C22H29N3O2.